The van der Waals surface area contributed by atoms with Gasteiger partial charge in [-0.3, -0.25) is 9.59 Å². The first kappa shape index (κ1) is 15.8. The smallest absolute Gasteiger partial charge is 0.251 e. The van der Waals surface area contributed by atoms with Gasteiger partial charge in [-0.2, -0.15) is 0 Å². The first-order valence-electron chi connectivity index (χ1n) is 6.25. The molecule has 0 bridgehead atoms. The average Bonchev–Trinajstić information content (AvgIpc) is 2.40. The van der Waals surface area contributed by atoms with E-state index in [1.165, 1.54) is 17.8 Å². The lowest BCUT2D eigenvalue weighted by Gasteiger charge is -2.11. The van der Waals surface area contributed by atoms with Crippen LogP contribution in [0.15, 0.2) is 44.8 Å². The zero-order valence-electron chi connectivity index (χ0n) is 11.5. The molecule has 1 aromatic carbocycles. The number of carbonyl (C=O) groups is 1. The number of anilines is 1. The second kappa shape index (κ2) is 6.91. The standard InChI is InChI=1S/C14H14BrN3O2S/c1-8-7-12(19)18-14(16-8)21-9(2)13(20)17-11-5-3-10(15)4-6-11/h3-7,9H,1-2H3,(H,17,20)(H,16,18,19)/t9-/m1/s1. The first-order valence-corrected chi connectivity index (χ1v) is 7.92. The van der Waals surface area contributed by atoms with Gasteiger partial charge < -0.3 is 10.3 Å². The van der Waals surface area contributed by atoms with E-state index in [9.17, 15) is 9.59 Å². The summed E-state index contributed by atoms with van der Waals surface area (Å²) in [5.74, 6) is -0.147. The molecule has 0 saturated carbocycles. The van der Waals surface area contributed by atoms with Gasteiger partial charge in [-0.25, -0.2) is 4.98 Å². The Balaban J connectivity index is 2.02. The number of rotatable bonds is 4. The molecule has 0 spiro atoms. The molecule has 0 aliphatic heterocycles. The van der Waals surface area contributed by atoms with Gasteiger partial charge in [-0.1, -0.05) is 27.7 Å². The minimum atomic E-state index is -0.376. The van der Waals surface area contributed by atoms with Gasteiger partial charge in [0.05, 0.1) is 5.25 Å². The Morgan fingerprint density at radius 2 is 2.05 bits per heavy atom. The molecule has 1 atom stereocenters. The van der Waals surface area contributed by atoms with Crippen LogP contribution in [-0.2, 0) is 4.79 Å². The van der Waals surface area contributed by atoms with Gasteiger partial charge in [-0.15, -0.1) is 0 Å². The van der Waals surface area contributed by atoms with Gasteiger partial charge in [0.2, 0.25) is 5.91 Å². The monoisotopic (exact) mass is 367 g/mol. The molecule has 0 saturated heterocycles. The third kappa shape index (κ3) is 4.71. The number of amides is 1. The summed E-state index contributed by atoms with van der Waals surface area (Å²) in [4.78, 5) is 30.3. The highest BCUT2D eigenvalue weighted by molar-refractivity contribution is 9.10. The van der Waals surface area contributed by atoms with Crippen LogP contribution in [0.25, 0.3) is 0 Å². The summed E-state index contributed by atoms with van der Waals surface area (Å²) in [6, 6.07) is 8.75. The quantitative estimate of drug-likeness (QED) is 0.643. The Morgan fingerprint density at radius 1 is 1.38 bits per heavy atom. The average molecular weight is 368 g/mol. The molecule has 110 valence electrons. The molecule has 0 aliphatic carbocycles. The predicted octanol–water partition coefficient (Wildman–Crippen LogP) is 2.96. The van der Waals surface area contributed by atoms with Gasteiger partial charge in [0.15, 0.2) is 5.16 Å². The van der Waals surface area contributed by atoms with E-state index in [1.54, 1.807) is 13.8 Å². The predicted molar refractivity (Wildman–Crippen MR) is 87.7 cm³/mol. The fraction of sp³-hybridized carbons (Fsp3) is 0.214. The number of nitrogens with zero attached hydrogens (tertiary/aromatic N) is 1. The Morgan fingerprint density at radius 3 is 2.67 bits per heavy atom. The van der Waals surface area contributed by atoms with Crippen molar-refractivity contribution in [3.05, 3.63) is 50.9 Å². The molecule has 0 fully saturated rings. The number of H-pyrrole nitrogens is 1. The van der Waals surface area contributed by atoms with Gasteiger partial charge >= 0.3 is 0 Å². The van der Waals surface area contributed by atoms with Gasteiger partial charge in [0, 0.05) is 21.9 Å². The number of hydrogen-bond acceptors (Lipinski definition) is 4. The largest absolute Gasteiger partial charge is 0.325 e. The summed E-state index contributed by atoms with van der Waals surface area (Å²) in [5, 5.41) is 2.88. The highest BCUT2D eigenvalue weighted by atomic mass is 79.9. The Bertz CT molecular complexity index is 700. The number of aryl methyl sites for hydroxylation is 1. The van der Waals surface area contributed by atoms with Gasteiger partial charge in [0.1, 0.15) is 0 Å². The Labute approximate surface area is 134 Å². The third-order valence-corrected chi connectivity index (χ3v) is 4.13. The number of nitrogens with one attached hydrogen (secondary N) is 2. The van der Waals surface area contributed by atoms with Crippen LogP contribution in [0.5, 0.6) is 0 Å². The van der Waals surface area contributed by atoms with Gasteiger partial charge in [-0.05, 0) is 38.1 Å². The number of halogens is 1. The molecular weight excluding hydrogens is 354 g/mol. The first-order chi connectivity index (χ1) is 9.94. The Kier molecular flexibility index (Phi) is 5.19. The summed E-state index contributed by atoms with van der Waals surface area (Å²) >= 11 is 4.55. The van der Waals surface area contributed by atoms with Crippen molar-refractivity contribution in [1.29, 1.82) is 0 Å². The minimum absolute atomic E-state index is 0.147. The van der Waals surface area contributed by atoms with Crippen molar-refractivity contribution in [2.45, 2.75) is 24.3 Å². The number of thioether (sulfide) groups is 1. The molecular formula is C14H14BrN3O2S. The fourth-order valence-electron chi connectivity index (χ4n) is 1.61. The van der Waals surface area contributed by atoms with Crippen molar-refractivity contribution in [3.63, 3.8) is 0 Å². The van der Waals surface area contributed by atoms with Crippen molar-refractivity contribution in [1.82, 2.24) is 9.97 Å². The highest BCUT2D eigenvalue weighted by Crippen LogP contribution is 2.20. The van der Waals surface area contributed by atoms with Crippen molar-refractivity contribution in [2.75, 3.05) is 5.32 Å². The van der Waals surface area contributed by atoms with Crippen LogP contribution in [0.3, 0.4) is 0 Å². The molecule has 7 heteroatoms. The second-order valence-corrected chi connectivity index (χ2v) is 6.69. The number of benzene rings is 1. The summed E-state index contributed by atoms with van der Waals surface area (Å²) in [7, 11) is 0. The molecule has 2 aromatic rings. The van der Waals surface area contributed by atoms with Crippen LogP contribution < -0.4 is 10.9 Å². The van der Waals surface area contributed by atoms with Crippen LogP contribution in [-0.4, -0.2) is 21.1 Å². The normalized spacial score (nSPS) is 12.0. The van der Waals surface area contributed by atoms with E-state index < -0.39 is 0 Å². The maximum absolute atomic E-state index is 12.1. The summed E-state index contributed by atoms with van der Waals surface area (Å²) in [5.41, 5.74) is 1.13. The summed E-state index contributed by atoms with van der Waals surface area (Å²) in [6.45, 7) is 3.51. The molecule has 1 heterocycles. The molecule has 1 aromatic heterocycles. The maximum Gasteiger partial charge on any atom is 0.251 e. The van der Waals surface area contributed by atoms with Crippen molar-refractivity contribution in [2.24, 2.45) is 0 Å². The van der Waals surface area contributed by atoms with Crippen molar-refractivity contribution >= 4 is 39.3 Å². The maximum atomic E-state index is 12.1. The summed E-state index contributed by atoms with van der Waals surface area (Å²) < 4.78 is 0.949. The van der Waals surface area contributed by atoms with E-state index in [-0.39, 0.29) is 16.7 Å². The van der Waals surface area contributed by atoms with E-state index in [1.807, 2.05) is 24.3 Å². The van der Waals surface area contributed by atoms with E-state index in [2.05, 4.69) is 31.2 Å². The lowest BCUT2D eigenvalue weighted by atomic mass is 10.3. The van der Waals surface area contributed by atoms with E-state index in [0.29, 0.717) is 10.9 Å². The molecule has 21 heavy (non-hydrogen) atoms. The molecule has 0 radical (unpaired) electrons. The molecule has 0 unspecified atom stereocenters. The molecule has 5 nitrogen and oxygen atoms in total. The highest BCUT2D eigenvalue weighted by Gasteiger charge is 2.16. The molecule has 2 N–H and O–H groups in total. The number of aromatic amines is 1. The Hall–Kier alpha value is -1.60. The van der Waals surface area contributed by atoms with Gasteiger partial charge in [0.25, 0.3) is 5.56 Å². The molecule has 0 aliphatic rings. The van der Waals surface area contributed by atoms with Crippen LogP contribution in [0.1, 0.15) is 12.6 Å². The van der Waals surface area contributed by atoms with E-state index in [0.717, 1.165) is 10.2 Å². The lowest BCUT2D eigenvalue weighted by molar-refractivity contribution is -0.115. The number of hydrogen-bond donors (Lipinski definition) is 2. The van der Waals surface area contributed by atoms with Crippen LogP contribution >= 0.6 is 27.7 Å². The number of aromatic nitrogens is 2. The zero-order chi connectivity index (χ0) is 15.4. The van der Waals surface area contributed by atoms with Crippen molar-refractivity contribution in [3.8, 4) is 0 Å². The lowest BCUT2D eigenvalue weighted by Crippen LogP contribution is -2.23. The number of carbonyl (C=O) groups excluding carboxylic acids is 1. The molecule has 1 amide bonds. The topological polar surface area (TPSA) is 74.8 Å². The molecule has 2 rings (SSSR count). The van der Waals surface area contributed by atoms with Crippen LogP contribution in [0, 0.1) is 6.92 Å². The zero-order valence-corrected chi connectivity index (χ0v) is 13.9. The van der Waals surface area contributed by atoms with E-state index >= 15 is 0 Å². The fourth-order valence-corrected chi connectivity index (χ4v) is 2.73. The van der Waals surface area contributed by atoms with E-state index in [4.69, 9.17) is 0 Å². The van der Waals surface area contributed by atoms with Crippen LogP contribution in [0.2, 0.25) is 0 Å². The second-order valence-electron chi connectivity index (χ2n) is 4.45. The SMILES string of the molecule is Cc1cc(=O)[nH]c(S[C@H](C)C(=O)Nc2ccc(Br)cc2)n1. The minimum Gasteiger partial charge on any atom is -0.325 e. The van der Waals surface area contributed by atoms with Crippen LogP contribution in [0.4, 0.5) is 5.69 Å². The third-order valence-electron chi connectivity index (χ3n) is 2.62. The summed E-state index contributed by atoms with van der Waals surface area (Å²) in [6.07, 6.45) is 0. The van der Waals surface area contributed by atoms with Crippen molar-refractivity contribution < 1.29 is 4.79 Å².